The zero-order valence-corrected chi connectivity index (χ0v) is 11.2. The normalized spacial score (nSPS) is 13.8. The Morgan fingerprint density at radius 2 is 2.12 bits per heavy atom. The van der Waals surface area contributed by atoms with Crippen LogP contribution in [0.25, 0.3) is 0 Å². The van der Waals surface area contributed by atoms with Gasteiger partial charge in [-0.2, -0.15) is 5.10 Å². The first-order valence-corrected chi connectivity index (χ1v) is 6.25. The lowest BCUT2D eigenvalue weighted by Crippen LogP contribution is -2.22. The fourth-order valence-corrected chi connectivity index (χ4v) is 1.63. The number of hydrogen-bond donors (Lipinski definition) is 1. The molecule has 1 N–H and O–H groups in total. The predicted octanol–water partition coefficient (Wildman–Crippen LogP) is 3.63. The summed E-state index contributed by atoms with van der Waals surface area (Å²) in [6, 6.07) is 0.526. The van der Waals surface area contributed by atoms with E-state index in [2.05, 4.69) is 51.2 Å². The molecule has 16 heavy (non-hydrogen) atoms. The average molecular weight is 223 g/mol. The van der Waals surface area contributed by atoms with Gasteiger partial charge in [0.05, 0.1) is 17.4 Å². The average Bonchev–Trinajstić information content (AvgIpc) is 2.62. The highest BCUT2D eigenvalue weighted by atomic mass is 15.3. The van der Waals surface area contributed by atoms with Gasteiger partial charge in [-0.3, -0.25) is 4.68 Å². The van der Waals surface area contributed by atoms with E-state index in [9.17, 15) is 0 Å². The van der Waals surface area contributed by atoms with Crippen molar-refractivity contribution >= 4 is 5.69 Å². The number of rotatable bonds is 5. The predicted molar refractivity (Wildman–Crippen MR) is 69.8 cm³/mol. The largest absolute Gasteiger partial charge is 0.380 e. The van der Waals surface area contributed by atoms with E-state index in [1.54, 1.807) is 0 Å². The third-order valence-corrected chi connectivity index (χ3v) is 2.67. The van der Waals surface area contributed by atoms with E-state index in [1.165, 1.54) is 19.3 Å². The highest BCUT2D eigenvalue weighted by molar-refractivity contribution is 5.39. The second-order valence-corrected chi connectivity index (χ2v) is 5.53. The minimum atomic E-state index is 0.0621. The number of aromatic nitrogens is 2. The fourth-order valence-electron chi connectivity index (χ4n) is 1.63. The van der Waals surface area contributed by atoms with Gasteiger partial charge in [0.15, 0.2) is 0 Å². The lowest BCUT2D eigenvalue weighted by molar-refractivity contribution is 0.355. The molecule has 0 saturated heterocycles. The van der Waals surface area contributed by atoms with Gasteiger partial charge in [-0.15, -0.1) is 0 Å². The summed E-state index contributed by atoms with van der Waals surface area (Å²) in [5.41, 5.74) is 1.19. The minimum Gasteiger partial charge on any atom is -0.380 e. The summed E-state index contributed by atoms with van der Waals surface area (Å²) in [5.74, 6) is 0. The lowest BCUT2D eigenvalue weighted by atomic mass is 10.1. The van der Waals surface area contributed by atoms with Gasteiger partial charge in [0, 0.05) is 12.2 Å². The second-order valence-electron chi connectivity index (χ2n) is 5.53. The summed E-state index contributed by atoms with van der Waals surface area (Å²) in [5, 5.41) is 7.86. The van der Waals surface area contributed by atoms with E-state index in [4.69, 9.17) is 0 Å². The first kappa shape index (κ1) is 13.1. The van der Waals surface area contributed by atoms with Crippen molar-refractivity contribution in [3.8, 4) is 0 Å². The fraction of sp³-hybridized carbons (Fsp3) is 0.769. The van der Waals surface area contributed by atoms with Crippen LogP contribution in [0.4, 0.5) is 5.69 Å². The highest BCUT2D eigenvalue weighted by Crippen LogP contribution is 2.17. The van der Waals surface area contributed by atoms with E-state index in [-0.39, 0.29) is 5.54 Å². The smallest absolute Gasteiger partial charge is 0.0728 e. The summed E-state index contributed by atoms with van der Waals surface area (Å²) >= 11 is 0. The molecule has 1 aromatic heterocycles. The molecule has 0 aliphatic carbocycles. The Labute approximate surface area is 99.2 Å². The van der Waals surface area contributed by atoms with E-state index in [0.29, 0.717) is 6.04 Å². The van der Waals surface area contributed by atoms with Crippen molar-refractivity contribution in [1.29, 1.82) is 0 Å². The van der Waals surface area contributed by atoms with Crippen molar-refractivity contribution < 1.29 is 0 Å². The van der Waals surface area contributed by atoms with Crippen LogP contribution in [0.2, 0.25) is 0 Å². The molecule has 0 amide bonds. The lowest BCUT2D eigenvalue weighted by Gasteiger charge is -2.19. The number of unbranched alkanes of at least 4 members (excludes halogenated alkanes) is 1. The molecule has 3 nitrogen and oxygen atoms in total. The third-order valence-electron chi connectivity index (χ3n) is 2.67. The van der Waals surface area contributed by atoms with Crippen LogP contribution in [0.15, 0.2) is 12.4 Å². The Morgan fingerprint density at radius 1 is 1.44 bits per heavy atom. The molecule has 92 valence electrons. The van der Waals surface area contributed by atoms with Gasteiger partial charge in [-0.25, -0.2) is 0 Å². The summed E-state index contributed by atoms with van der Waals surface area (Å²) in [4.78, 5) is 0. The highest BCUT2D eigenvalue weighted by Gasteiger charge is 2.14. The molecule has 1 heterocycles. The van der Waals surface area contributed by atoms with Crippen LogP contribution in [0.1, 0.15) is 53.9 Å². The molecule has 1 aromatic rings. The van der Waals surface area contributed by atoms with Crippen molar-refractivity contribution in [3.63, 3.8) is 0 Å². The van der Waals surface area contributed by atoms with Crippen molar-refractivity contribution in [2.24, 2.45) is 0 Å². The monoisotopic (exact) mass is 223 g/mol. The Kier molecular flexibility index (Phi) is 4.39. The first-order valence-electron chi connectivity index (χ1n) is 6.25. The number of hydrogen-bond acceptors (Lipinski definition) is 2. The van der Waals surface area contributed by atoms with Crippen LogP contribution >= 0.6 is 0 Å². The van der Waals surface area contributed by atoms with Crippen molar-refractivity contribution in [2.75, 3.05) is 5.32 Å². The van der Waals surface area contributed by atoms with Gasteiger partial charge in [0.2, 0.25) is 0 Å². The van der Waals surface area contributed by atoms with E-state index < -0.39 is 0 Å². The minimum absolute atomic E-state index is 0.0621. The maximum atomic E-state index is 4.37. The van der Waals surface area contributed by atoms with Crippen LogP contribution in [-0.2, 0) is 5.54 Å². The summed E-state index contributed by atoms with van der Waals surface area (Å²) < 4.78 is 2.00. The third kappa shape index (κ3) is 3.87. The molecule has 0 saturated carbocycles. The maximum absolute atomic E-state index is 4.37. The molecule has 1 atom stereocenters. The Hall–Kier alpha value is -0.990. The zero-order valence-electron chi connectivity index (χ0n) is 11.2. The summed E-state index contributed by atoms with van der Waals surface area (Å²) in [7, 11) is 0. The molecule has 0 spiro atoms. The van der Waals surface area contributed by atoms with Crippen molar-refractivity contribution in [3.05, 3.63) is 12.4 Å². The molecule has 1 rings (SSSR count). The van der Waals surface area contributed by atoms with Gasteiger partial charge < -0.3 is 5.32 Å². The SMILES string of the molecule is CCCCC(C)Nc1cnn(C(C)(C)C)c1. The maximum Gasteiger partial charge on any atom is 0.0728 e. The van der Waals surface area contributed by atoms with Crippen LogP contribution in [0, 0.1) is 0 Å². The standard InChI is InChI=1S/C13H25N3/c1-6-7-8-11(2)15-12-9-14-16(10-12)13(3,4)5/h9-11,15H,6-8H2,1-5H3. The molecule has 0 aliphatic heterocycles. The second kappa shape index (κ2) is 5.37. The van der Waals surface area contributed by atoms with Crippen LogP contribution in [0.5, 0.6) is 0 Å². The van der Waals surface area contributed by atoms with Gasteiger partial charge in [-0.05, 0) is 34.1 Å². The van der Waals surface area contributed by atoms with Crippen LogP contribution in [0.3, 0.4) is 0 Å². The van der Waals surface area contributed by atoms with Crippen molar-refractivity contribution in [2.45, 2.75) is 65.5 Å². The molecule has 0 radical (unpaired) electrons. The quantitative estimate of drug-likeness (QED) is 0.826. The number of nitrogens with one attached hydrogen (secondary N) is 1. The van der Waals surface area contributed by atoms with E-state index >= 15 is 0 Å². The first-order chi connectivity index (χ1) is 7.43. The van der Waals surface area contributed by atoms with Gasteiger partial charge in [0.1, 0.15) is 0 Å². The molecule has 0 bridgehead atoms. The molecule has 0 aromatic carbocycles. The molecule has 1 unspecified atom stereocenters. The van der Waals surface area contributed by atoms with Crippen molar-refractivity contribution in [1.82, 2.24) is 9.78 Å². The number of nitrogens with zero attached hydrogens (tertiary/aromatic N) is 2. The molecule has 0 aliphatic rings. The van der Waals surface area contributed by atoms with E-state index in [0.717, 1.165) is 5.69 Å². The van der Waals surface area contributed by atoms with E-state index in [1.807, 2.05) is 10.9 Å². The Morgan fingerprint density at radius 3 is 2.62 bits per heavy atom. The summed E-state index contributed by atoms with van der Waals surface area (Å²) in [6.07, 6.45) is 7.75. The molecular weight excluding hydrogens is 198 g/mol. The molecular formula is C13H25N3. The summed E-state index contributed by atoms with van der Waals surface area (Å²) in [6.45, 7) is 10.9. The number of anilines is 1. The van der Waals surface area contributed by atoms with Gasteiger partial charge >= 0.3 is 0 Å². The van der Waals surface area contributed by atoms with Crippen LogP contribution < -0.4 is 5.32 Å². The van der Waals surface area contributed by atoms with Crippen LogP contribution in [-0.4, -0.2) is 15.8 Å². The Balaban J connectivity index is 2.52. The topological polar surface area (TPSA) is 29.9 Å². The Bertz CT molecular complexity index is 309. The zero-order chi connectivity index (χ0) is 12.2. The molecule has 3 heteroatoms. The molecule has 0 fully saturated rings. The van der Waals surface area contributed by atoms with Gasteiger partial charge in [-0.1, -0.05) is 19.8 Å². The van der Waals surface area contributed by atoms with Gasteiger partial charge in [0.25, 0.3) is 0 Å².